The van der Waals surface area contributed by atoms with Crippen LogP contribution in [-0.2, 0) is 14.3 Å². The van der Waals surface area contributed by atoms with Crippen molar-refractivity contribution in [2.75, 3.05) is 0 Å². The number of esters is 1. The molecule has 5 rings (SSSR count). The summed E-state index contributed by atoms with van der Waals surface area (Å²) in [5.41, 5.74) is -0.995. The molecule has 0 aromatic heterocycles. The van der Waals surface area contributed by atoms with Crippen molar-refractivity contribution in [3.63, 3.8) is 0 Å². The average molecular weight is 573 g/mol. The number of nitrogens with zero attached hydrogens (tertiary/aromatic N) is 1. The molecule has 0 spiro atoms. The van der Waals surface area contributed by atoms with E-state index >= 15 is 0 Å². The standard InChI is InChI=1S/C29H25Cl3NO3P/c30-25(31)26(32)36-29(35)28(33-24-19-11-10-18-23(24)27(33)34)37(20-12-4-1-5-13-20,21-14-6-2-7-15-21)22-16-8-3-9-17-22/h1-17,23-26H,18-19H2. The highest BCUT2D eigenvalue weighted by Crippen LogP contribution is 2.50. The third kappa shape index (κ3) is 4.66. The van der Waals surface area contributed by atoms with Crippen molar-refractivity contribution in [1.82, 2.24) is 4.90 Å². The predicted molar refractivity (Wildman–Crippen MR) is 154 cm³/mol. The number of carbonyl (C=O) groups excluding carboxylic acids is 2. The maximum absolute atomic E-state index is 14.2. The molecule has 0 bridgehead atoms. The van der Waals surface area contributed by atoms with E-state index in [1.807, 2.05) is 97.1 Å². The summed E-state index contributed by atoms with van der Waals surface area (Å²) in [5, 5.41) is 2.75. The SMILES string of the molecule is O=C(OC(Cl)C(Cl)Cl)C(N1C(=O)C2CC=CCC21)=P(c1ccccc1)(c1ccccc1)c1ccccc1. The molecule has 3 atom stereocenters. The van der Waals surface area contributed by atoms with Crippen LogP contribution in [0.1, 0.15) is 12.8 Å². The number of amides is 1. The third-order valence-corrected chi connectivity index (χ3v) is 12.2. The van der Waals surface area contributed by atoms with Gasteiger partial charge in [0.25, 0.3) is 0 Å². The highest BCUT2D eigenvalue weighted by molar-refractivity contribution is 7.96. The normalized spacial score (nSPS) is 19.7. The van der Waals surface area contributed by atoms with Crippen molar-refractivity contribution >= 4 is 74.9 Å². The van der Waals surface area contributed by atoms with E-state index < -0.39 is 23.3 Å². The van der Waals surface area contributed by atoms with Crippen LogP contribution in [0.5, 0.6) is 0 Å². The molecule has 2 aliphatic rings. The number of allylic oxidation sites excluding steroid dienone is 1. The number of rotatable bonds is 7. The lowest BCUT2D eigenvalue weighted by Crippen LogP contribution is -2.66. The molecular weight excluding hydrogens is 548 g/mol. The van der Waals surface area contributed by atoms with Gasteiger partial charge in [-0.15, -0.1) is 0 Å². The summed E-state index contributed by atoms with van der Waals surface area (Å²) in [5.74, 6) is -0.956. The molecule has 1 saturated heterocycles. The Morgan fingerprint density at radius 1 is 0.784 bits per heavy atom. The molecule has 3 aromatic carbocycles. The zero-order chi connectivity index (χ0) is 26.0. The Morgan fingerprint density at radius 3 is 1.70 bits per heavy atom. The van der Waals surface area contributed by atoms with E-state index in [9.17, 15) is 9.59 Å². The fraction of sp³-hybridized carbons (Fsp3) is 0.207. The van der Waals surface area contributed by atoms with E-state index in [0.717, 1.165) is 15.9 Å². The Balaban J connectivity index is 1.92. The summed E-state index contributed by atoms with van der Waals surface area (Å²) in [6.45, 7) is -2.95. The van der Waals surface area contributed by atoms with Crippen molar-refractivity contribution in [2.24, 2.45) is 5.92 Å². The number of fused-ring (bicyclic) bond motifs is 1. The minimum atomic E-state index is -2.95. The second kappa shape index (κ2) is 11.1. The predicted octanol–water partition coefficient (Wildman–Crippen LogP) is 5.20. The number of halogens is 3. The summed E-state index contributed by atoms with van der Waals surface area (Å²) in [6, 6.07) is 29.4. The van der Waals surface area contributed by atoms with E-state index in [0.29, 0.717) is 12.8 Å². The molecule has 8 heteroatoms. The average Bonchev–Trinajstić information content (AvgIpc) is 2.94. The third-order valence-electron chi connectivity index (χ3n) is 6.86. The Hall–Kier alpha value is -2.49. The molecule has 1 fully saturated rings. The van der Waals surface area contributed by atoms with Crippen LogP contribution in [-0.4, -0.2) is 38.6 Å². The topological polar surface area (TPSA) is 46.6 Å². The number of β-lactam (4-membered cyclic amide) rings is 1. The van der Waals surface area contributed by atoms with E-state index in [-0.39, 0.29) is 23.3 Å². The largest absolute Gasteiger partial charge is 0.438 e. The molecule has 190 valence electrons. The van der Waals surface area contributed by atoms with Gasteiger partial charge in [0.1, 0.15) is 5.42 Å². The van der Waals surface area contributed by atoms with Crippen molar-refractivity contribution < 1.29 is 14.3 Å². The van der Waals surface area contributed by atoms with Crippen molar-refractivity contribution in [3.8, 4) is 0 Å². The molecular formula is C29H25Cl3NO3P. The minimum absolute atomic E-state index is 0.0899. The van der Waals surface area contributed by atoms with Gasteiger partial charge in [0.05, 0.1) is 12.0 Å². The second-order valence-corrected chi connectivity index (χ2v) is 13.8. The lowest BCUT2D eigenvalue weighted by molar-refractivity contribution is -0.151. The molecule has 0 saturated carbocycles. The van der Waals surface area contributed by atoms with E-state index in [4.69, 9.17) is 39.5 Å². The van der Waals surface area contributed by atoms with Crippen LogP contribution in [0.4, 0.5) is 0 Å². The molecule has 1 heterocycles. The fourth-order valence-corrected chi connectivity index (χ4v) is 9.81. The second-order valence-electron chi connectivity index (χ2n) is 8.92. The summed E-state index contributed by atoms with van der Waals surface area (Å²) in [6.07, 6.45) is 5.40. The van der Waals surface area contributed by atoms with Crippen molar-refractivity contribution in [3.05, 3.63) is 103 Å². The number of alkyl halides is 3. The van der Waals surface area contributed by atoms with Crippen LogP contribution in [0.2, 0.25) is 0 Å². The van der Waals surface area contributed by atoms with Gasteiger partial charge in [-0.1, -0.05) is 138 Å². The quantitative estimate of drug-likeness (QED) is 0.129. The van der Waals surface area contributed by atoms with Gasteiger partial charge in [0, 0.05) is 6.89 Å². The van der Waals surface area contributed by atoms with Crippen molar-refractivity contribution in [1.29, 1.82) is 0 Å². The molecule has 0 radical (unpaired) electrons. The lowest BCUT2D eigenvalue weighted by atomic mass is 9.79. The molecule has 3 aromatic rings. The van der Waals surface area contributed by atoms with Gasteiger partial charge < -0.3 is 9.64 Å². The van der Waals surface area contributed by atoms with Gasteiger partial charge in [-0.25, -0.2) is 4.79 Å². The number of hydrogen-bond acceptors (Lipinski definition) is 3. The van der Waals surface area contributed by atoms with Crippen LogP contribution in [0.25, 0.3) is 0 Å². The first-order chi connectivity index (χ1) is 18.0. The summed E-state index contributed by atoms with van der Waals surface area (Å²) in [4.78, 5) is 28.5. The lowest BCUT2D eigenvalue weighted by Gasteiger charge is -2.50. The molecule has 1 aliphatic heterocycles. The maximum atomic E-state index is 14.2. The van der Waals surface area contributed by atoms with Gasteiger partial charge in [-0.2, -0.15) is 0 Å². The summed E-state index contributed by atoms with van der Waals surface area (Å²) < 4.78 is 5.67. The van der Waals surface area contributed by atoms with E-state index in [1.165, 1.54) is 0 Å². The number of likely N-dealkylation sites (tertiary alicyclic amines) is 1. The van der Waals surface area contributed by atoms with Gasteiger partial charge in [-0.3, -0.25) is 4.79 Å². The number of hydrogen-bond donors (Lipinski definition) is 0. The van der Waals surface area contributed by atoms with Gasteiger partial charge in [-0.05, 0) is 28.8 Å². The van der Waals surface area contributed by atoms with Gasteiger partial charge in [0.2, 0.25) is 11.5 Å². The maximum Gasteiger partial charge on any atom is 0.357 e. The Bertz CT molecular complexity index is 1260. The Labute approximate surface area is 231 Å². The highest BCUT2D eigenvalue weighted by Gasteiger charge is 2.53. The first-order valence-electron chi connectivity index (χ1n) is 12.0. The molecule has 0 N–H and O–H groups in total. The molecule has 3 unspecified atom stereocenters. The van der Waals surface area contributed by atoms with Crippen molar-refractivity contribution in [2.45, 2.75) is 29.3 Å². The fourth-order valence-electron chi connectivity index (χ4n) is 5.24. The van der Waals surface area contributed by atoms with Crippen LogP contribution in [0.3, 0.4) is 0 Å². The Kier molecular flexibility index (Phi) is 7.83. The number of carbonyl (C=O) groups is 2. The monoisotopic (exact) mass is 571 g/mol. The first-order valence-corrected chi connectivity index (χ1v) is 15.1. The highest BCUT2D eigenvalue weighted by atomic mass is 35.5. The van der Waals surface area contributed by atoms with Gasteiger partial charge in [0.15, 0.2) is 4.84 Å². The van der Waals surface area contributed by atoms with Crippen LogP contribution < -0.4 is 15.9 Å². The molecule has 1 amide bonds. The Morgan fingerprint density at radius 2 is 1.24 bits per heavy atom. The summed E-state index contributed by atoms with van der Waals surface area (Å²) >= 11 is 18.2. The van der Waals surface area contributed by atoms with E-state index in [1.54, 1.807) is 4.90 Å². The first kappa shape index (κ1) is 26.1. The molecule has 4 nitrogen and oxygen atoms in total. The van der Waals surface area contributed by atoms with Crippen LogP contribution >= 0.6 is 41.7 Å². The molecule has 37 heavy (non-hydrogen) atoms. The smallest absolute Gasteiger partial charge is 0.357 e. The molecule has 1 aliphatic carbocycles. The van der Waals surface area contributed by atoms with Crippen LogP contribution in [0.15, 0.2) is 103 Å². The van der Waals surface area contributed by atoms with Gasteiger partial charge >= 0.3 is 5.97 Å². The number of benzene rings is 3. The minimum Gasteiger partial charge on any atom is -0.438 e. The van der Waals surface area contributed by atoms with E-state index in [2.05, 4.69) is 6.08 Å². The summed E-state index contributed by atoms with van der Waals surface area (Å²) in [7, 11) is 0. The van der Waals surface area contributed by atoms with Crippen LogP contribution in [0, 0.1) is 5.92 Å². The zero-order valence-corrected chi connectivity index (χ0v) is 23.0. The number of ether oxygens (including phenoxy) is 1. The zero-order valence-electron chi connectivity index (χ0n) is 19.8.